The highest BCUT2D eigenvalue weighted by Crippen LogP contribution is 2.37. The van der Waals surface area contributed by atoms with Crippen LogP contribution in [0, 0.1) is 24.1 Å². The fourth-order valence-electron chi connectivity index (χ4n) is 2.51. The average Bonchev–Trinajstić information content (AvgIpc) is 2.70. The van der Waals surface area contributed by atoms with Gasteiger partial charge in [-0.05, 0) is 64.7 Å². The number of thioether (sulfide) groups is 1. The first-order valence-electron chi connectivity index (χ1n) is 8.72. The lowest BCUT2D eigenvalue weighted by molar-refractivity contribution is -0.144. The minimum absolute atomic E-state index is 0.153. The Balaban J connectivity index is 0.00000190. The Kier molecular flexibility index (Phi) is 10.0. The van der Waals surface area contributed by atoms with Gasteiger partial charge in [0.05, 0.1) is 11.6 Å². The molecule has 6 heteroatoms. The van der Waals surface area contributed by atoms with Gasteiger partial charge in [0.2, 0.25) is 0 Å². The van der Waals surface area contributed by atoms with Crippen molar-refractivity contribution in [2.75, 3.05) is 0 Å². The van der Waals surface area contributed by atoms with Crippen molar-refractivity contribution in [3.63, 3.8) is 0 Å². The molecule has 0 spiro atoms. The van der Waals surface area contributed by atoms with E-state index >= 15 is 0 Å². The summed E-state index contributed by atoms with van der Waals surface area (Å²) < 4.78 is 32.0. The molecule has 0 radical (unpaired) electrons. The molecule has 2 rings (SSSR count). The molecule has 0 saturated carbocycles. The zero-order chi connectivity index (χ0) is 21.1. The fourth-order valence-corrected chi connectivity index (χ4v) is 3.14. The molecule has 0 heterocycles. The second kappa shape index (κ2) is 12.0. The van der Waals surface area contributed by atoms with Crippen LogP contribution in [-0.2, 0) is 11.5 Å². The monoisotopic (exact) mass is 403 g/mol. The molecule has 3 nitrogen and oxygen atoms in total. The molecule has 148 valence electrons. The van der Waals surface area contributed by atoms with Crippen LogP contribution in [0.5, 0.6) is 11.5 Å². The Bertz CT molecular complexity index is 889. The van der Waals surface area contributed by atoms with E-state index in [1.54, 1.807) is 24.5 Å². The molecular weight excluding hydrogens is 380 g/mol. The third-order valence-corrected chi connectivity index (χ3v) is 4.59. The summed E-state index contributed by atoms with van der Waals surface area (Å²) in [5, 5.41) is 10.6. The third kappa shape index (κ3) is 5.95. The smallest absolute Gasteiger partial charge is 0.131 e. The molecule has 0 fully saturated rings. The number of hydrogen-bond donors (Lipinski definition) is 0. The zero-order valence-corrected chi connectivity index (χ0v) is 17.2. The summed E-state index contributed by atoms with van der Waals surface area (Å²) in [6.07, 6.45) is 1.90. The van der Waals surface area contributed by atoms with Gasteiger partial charge in [0.25, 0.3) is 0 Å². The van der Waals surface area contributed by atoms with E-state index < -0.39 is 5.82 Å². The van der Waals surface area contributed by atoms with Crippen LogP contribution in [0.4, 0.5) is 8.92 Å². The quantitative estimate of drug-likeness (QED) is 0.481. The molecule has 0 aromatic heterocycles. The number of allylic oxidation sites excluding steroid dienone is 1. The van der Waals surface area contributed by atoms with E-state index in [1.807, 2.05) is 32.9 Å². The van der Waals surface area contributed by atoms with Gasteiger partial charge in [-0.15, -0.1) is 0 Å². The van der Waals surface area contributed by atoms with Gasteiger partial charge in [-0.1, -0.05) is 38.3 Å². The van der Waals surface area contributed by atoms with Crippen LogP contribution in [0.3, 0.4) is 0 Å². The zero-order valence-electron chi connectivity index (χ0n) is 16.4. The molecule has 2 aromatic rings. The summed E-state index contributed by atoms with van der Waals surface area (Å²) in [6.45, 7) is 11.1. The highest BCUT2D eigenvalue weighted by atomic mass is 32.2. The Morgan fingerprint density at radius 3 is 2.57 bits per heavy atom. The van der Waals surface area contributed by atoms with Gasteiger partial charge < -0.3 is 4.74 Å². The van der Waals surface area contributed by atoms with Crippen LogP contribution in [0.15, 0.2) is 48.4 Å². The summed E-state index contributed by atoms with van der Waals surface area (Å²) in [4.78, 5) is 4.76. The van der Waals surface area contributed by atoms with E-state index in [-0.39, 0.29) is 17.9 Å². The molecule has 0 aliphatic heterocycles. The lowest BCUT2D eigenvalue weighted by Gasteiger charge is -2.17. The van der Waals surface area contributed by atoms with Gasteiger partial charge in [-0.3, -0.25) is 0 Å². The van der Waals surface area contributed by atoms with Crippen LogP contribution in [0.1, 0.15) is 43.0 Å². The molecule has 0 unspecified atom stereocenters. The predicted octanol–water partition coefficient (Wildman–Crippen LogP) is 7.46. The summed E-state index contributed by atoms with van der Waals surface area (Å²) in [6, 6.07) is 9.12. The summed E-state index contributed by atoms with van der Waals surface area (Å²) in [5.74, 6) is 0.0461. The Hall–Kier alpha value is -2.62. The second-order valence-corrected chi connectivity index (χ2v) is 6.30. The number of nitrogens with zero attached hydrogens (tertiary/aromatic N) is 1. The van der Waals surface area contributed by atoms with E-state index in [2.05, 4.69) is 11.5 Å². The van der Waals surface area contributed by atoms with Crippen molar-refractivity contribution in [1.82, 2.24) is 0 Å². The molecule has 0 aliphatic rings. The largest absolute Gasteiger partial charge is 0.457 e. The van der Waals surface area contributed by atoms with Gasteiger partial charge in [-0.2, -0.15) is 10.2 Å². The molecule has 0 saturated heterocycles. The summed E-state index contributed by atoms with van der Waals surface area (Å²) >= 11 is 1.42. The van der Waals surface area contributed by atoms with Gasteiger partial charge in [-0.25, -0.2) is 4.39 Å². The second-order valence-electron chi connectivity index (χ2n) is 5.30. The van der Waals surface area contributed by atoms with Gasteiger partial charge in [0, 0.05) is 11.0 Å². The maximum absolute atomic E-state index is 13.6. The molecular formula is C22H23F2NO2S. The predicted molar refractivity (Wildman–Crippen MR) is 111 cm³/mol. The maximum Gasteiger partial charge on any atom is 0.131 e. The minimum atomic E-state index is -0.570. The van der Waals surface area contributed by atoms with E-state index in [9.17, 15) is 8.92 Å². The lowest BCUT2D eigenvalue weighted by atomic mass is 10.0. The number of nitriles is 1. The number of benzene rings is 2. The summed E-state index contributed by atoms with van der Waals surface area (Å²) in [5.41, 5.74) is 2.23. The normalized spacial score (nSPS) is 10.5. The lowest BCUT2D eigenvalue weighted by Crippen LogP contribution is -2.00. The number of hydrogen-bond acceptors (Lipinski definition) is 4. The van der Waals surface area contributed by atoms with Crippen LogP contribution < -0.4 is 4.74 Å². The van der Waals surface area contributed by atoms with Crippen LogP contribution in [0.25, 0.3) is 4.91 Å². The van der Waals surface area contributed by atoms with Crippen molar-refractivity contribution in [1.29, 1.82) is 5.26 Å². The Morgan fingerprint density at radius 2 is 2.00 bits per heavy atom. The van der Waals surface area contributed by atoms with Crippen molar-refractivity contribution in [3.05, 3.63) is 76.5 Å². The number of rotatable bonds is 7. The van der Waals surface area contributed by atoms with Crippen molar-refractivity contribution in [2.24, 2.45) is 0 Å². The molecule has 0 N–H and O–H groups in total. The number of ether oxygens (including phenoxy) is 1. The van der Waals surface area contributed by atoms with Crippen LogP contribution in [0.2, 0.25) is 0 Å². The molecule has 0 aliphatic carbocycles. The third-order valence-electron chi connectivity index (χ3n) is 3.71. The Labute approximate surface area is 169 Å². The Morgan fingerprint density at radius 1 is 1.29 bits per heavy atom. The van der Waals surface area contributed by atoms with E-state index in [0.29, 0.717) is 16.9 Å². The average molecular weight is 403 g/mol. The van der Waals surface area contributed by atoms with E-state index in [0.717, 1.165) is 16.5 Å². The van der Waals surface area contributed by atoms with Gasteiger partial charge >= 0.3 is 0 Å². The van der Waals surface area contributed by atoms with E-state index in [4.69, 9.17) is 10.00 Å². The van der Waals surface area contributed by atoms with Crippen LogP contribution in [-0.4, -0.2) is 0 Å². The van der Waals surface area contributed by atoms with Gasteiger partial charge in [0.1, 0.15) is 23.9 Å². The van der Waals surface area contributed by atoms with Crippen molar-refractivity contribution in [2.45, 2.75) is 34.3 Å². The fraction of sp³-hybridized carbons (Fsp3) is 0.227. The number of halogens is 2. The van der Waals surface area contributed by atoms with Crippen LogP contribution >= 0.6 is 11.8 Å². The van der Waals surface area contributed by atoms with E-state index in [1.165, 1.54) is 23.9 Å². The molecule has 0 amide bonds. The summed E-state index contributed by atoms with van der Waals surface area (Å²) in [7, 11) is 0. The maximum atomic E-state index is 13.6. The standard InChI is InChI=1S/C20H17F2NO2S.C2H6/c1-4-20(26-5-2)17-6-7-19(13(3)18(17)12-24-22)25-16-9-14(11-23)8-15(21)10-16;1-2/h4-10H,2,12H2,1,3H3;1-2H3/b20-4-;. The SMILES string of the molecule is C=CS/C(=C\C)c1ccc(Oc2cc(F)cc(C#N)c2)c(C)c1COF.CC. The van der Waals surface area contributed by atoms with Crippen molar-refractivity contribution >= 4 is 16.7 Å². The highest BCUT2D eigenvalue weighted by molar-refractivity contribution is 8.10. The first-order chi connectivity index (χ1) is 13.5. The van der Waals surface area contributed by atoms with Gasteiger partial charge in [0.15, 0.2) is 0 Å². The minimum Gasteiger partial charge on any atom is -0.457 e. The van der Waals surface area contributed by atoms with Crippen molar-refractivity contribution in [3.8, 4) is 17.6 Å². The molecule has 2 aromatic carbocycles. The van der Waals surface area contributed by atoms with Crippen molar-refractivity contribution < 1.29 is 18.6 Å². The molecule has 0 atom stereocenters. The molecule has 0 bridgehead atoms. The highest BCUT2D eigenvalue weighted by Gasteiger charge is 2.15. The topological polar surface area (TPSA) is 42.2 Å². The first-order valence-corrected chi connectivity index (χ1v) is 9.60. The first kappa shape index (κ1) is 23.4. The molecule has 28 heavy (non-hydrogen) atoms.